The number of carbonyl (C=O) groups excluding carboxylic acids is 2. The summed E-state index contributed by atoms with van der Waals surface area (Å²) in [7, 11) is 0. The minimum atomic E-state index is -0.127. The number of hydrogen-bond donors (Lipinski definition) is 2. The van der Waals surface area contributed by atoms with E-state index in [1.54, 1.807) is 0 Å². The van der Waals surface area contributed by atoms with Crippen molar-refractivity contribution in [2.45, 2.75) is 39.0 Å². The monoisotopic (exact) mass is 423 g/mol. The molecule has 2 amide bonds. The van der Waals surface area contributed by atoms with Crippen LogP contribution in [0.1, 0.15) is 25.0 Å². The van der Waals surface area contributed by atoms with Crippen LogP contribution in [0.5, 0.6) is 0 Å². The number of nitrogens with one attached hydrogen (secondary N) is 2. The van der Waals surface area contributed by atoms with E-state index in [1.807, 2.05) is 66.9 Å². The van der Waals surface area contributed by atoms with Gasteiger partial charge in [0.25, 0.3) is 0 Å². The van der Waals surface area contributed by atoms with Gasteiger partial charge in [-0.05, 0) is 37.1 Å². The second-order valence-electron chi connectivity index (χ2n) is 6.81. The second-order valence-corrected chi connectivity index (χ2v) is 7.75. The molecule has 0 fully saturated rings. The van der Waals surface area contributed by atoms with Crippen molar-refractivity contribution in [3.8, 4) is 11.4 Å². The third kappa shape index (κ3) is 5.48. The molecule has 0 bridgehead atoms. The highest BCUT2D eigenvalue weighted by atomic mass is 32.2. The molecule has 0 unspecified atom stereocenters. The number of aromatic nitrogens is 3. The normalized spacial score (nSPS) is 10.6. The van der Waals surface area contributed by atoms with Crippen molar-refractivity contribution in [2.24, 2.45) is 0 Å². The minimum absolute atomic E-state index is 0.0898. The molecular weight excluding hydrogens is 398 g/mol. The van der Waals surface area contributed by atoms with Crippen LogP contribution in [-0.2, 0) is 22.7 Å². The summed E-state index contributed by atoms with van der Waals surface area (Å²) in [4.78, 5) is 23.5. The third-order valence-electron chi connectivity index (χ3n) is 4.49. The lowest BCUT2D eigenvalue weighted by atomic mass is 10.1. The van der Waals surface area contributed by atoms with Crippen molar-refractivity contribution in [3.05, 3.63) is 59.7 Å². The molecule has 0 radical (unpaired) electrons. The van der Waals surface area contributed by atoms with Gasteiger partial charge in [0, 0.05) is 31.3 Å². The molecule has 30 heavy (non-hydrogen) atoms. The van der Waals surface area contributed by atoms with Crippen molar-refractivity contribution in [1.29, 1.82) is 0 Å². The molecule has 0 atom stereocenters. The molecule has 0 aliphatic carbocycles. The first-order valence-electron chi connectivity index (χ1n) is 9.73. The van der Waals surface area contributed by atoms with E-state index in [0.717, 1.165) is 34.2 Å². The van der Waals surface area contributed by atoms with Gasteiger partial charge in [0.2, 0.25) is 11.8 Å². The first-order valence-corrected chi connectivity index (χ1v) is 10.7. The minimum Gasteiger partial charge on any atom is -0.351 e. The summed E-state index contributed by atoms with van der Waals surface area (Å²) in [5, 5.41) is 15.0. The molecule has 0 saturated carbocycles. The highest BCUT2D eigenvalue weighted by Gasteiger charge is 2.15. The molecule has 0 spiro atoms. The number of rotatable bonds is 8. The van der Waals surface area contributed by atoms with Gasteiger partial charge >= 0.3 is 0 Å². The van der Waals surface area contributed by atoms with Crippen LogP contribution in [0.4, 0.5) is 5.69 Å². The van der Waals surface area contributed by atoms with Crippen molar-refractivity contribution >= 4 is 29.3 Å². The van der Waals surface area contributed by atoms with Crippen LogP contribution in [0.3, 0.4) is 0 Å². The van der Waals surface area contributed by atoms with Crippen molar-refractivity contribution < 1.29 is 9.59 Å². The van der Waals surface area contributed by atoms with Crippen LogP contribution in [0, 0.1) is 6.92 Å². The zero-order valence-electron chi connectivity index (χ0n) is 17.3. The topological polar surface area (TPSA) is 88.9 Å². The Labute approximate surface area is 180 Å². The molecule has 2 N–H and O–H groups in total. The Morgan fingerprint density at radius 1 is 1.10 bits per heavy atom. The van der Waals surface area contributed by atoms with Gasteiger partial charge in [-0.15, -0.1) is 10.2 Å². The van der Waals surface area contributed by atoms with E-state index in [1.165, 1.54) is 18.7 Å². The number of aryl methyl sites for hydroxylation is 1. The molecule has 3 rings (SSSR count). The summed E-state index contributed by atoms with van der Waals surface area (Å²) in [5.41, 5.74) is 3.80. The zero-order chi connectivity index (χ0) is 21.5. The number of amides is 2. The first-order chi connectivity index (χ1) is 14.5. The summed E-state index contributed by atoms with van der Waals surface area (Å²) in [6, 6.07) is 15.5. The molecule has 156 valence electrons. The Hall–Kier alpha value is -3.13. The highest BCUT2D eigenvalue weighted by molar-refractivity contribution is 7.99. The van der Waals surface area contributed by atoms with Gasteiger partial charge in [0.15, 0.2) is 11.0 Å². The molecular formula is C22H25N5O2S. The number of thioether (sulfide) groups is 1. The van der Waals surface area contributed by atoms with Crippen LogP contribution in [0.2, 0.25) is 0 Å². The number of benzene rings is 2. The van der Waals surface area contributed by atoms with Gasteiger partial charge in [-0.3, -0.25) is 9.59 Å². The molecule has 2 aromatic carbocycles. The molecule has 1 aromatic heterocycles. The Morgan fingerprint density at radius 3 is 2.63 bits per heavy atom. The fourth-order valence-corrected chi connectivity index (χ4v) is 3.88. The fourth-order valence-electron chi connectivity index (χ4n) is 3.05. The Balaban J connectivity index is 1.59. The van der Waals surface area contributed by atoms with Crippen LogP contribution in [-0.4, -0.2) is 32.3 Å². The maximum Gasteiger partial charge on any atom is 0.230 e. The predicted molar refractivity (Wildman–Crippen MR) is 119 cm³/mol. The van der Waals surface area contributed by atoms with E-state index in [2.05, 4.69) is 20.8 Å². The lowest BCUT2D eigenvalue weighted by molar-refractivity contribution is -0.118. The van der Waals surface area contributed by atoms with Crippen LogP contribution >= 0.6 is 11.8 Å². The molecule has 0 aliphatic heterocycles. The quantitative estimate of drug-likeness (QED) is 0.540. The van der Waals surface area contributed by atoms with Crippen molar-refractivity contribution in [3.63, 3.8) is 0 Å². The van der Waals surface area contributed by atoms with Crippen molar-refractivity contribution in [1.82, 2.24) is 20.1 Å². The lowest BCUT2D eigenvalue weighted by Gasteiger charge is -2.10. The molecule has 0 saturated heterocycles. The number of carbonyl (C=O) groups is 2. The highest BCUT2D eigenvalue weighted by Crippen LogP contribution is 2.26. The number of nitrogens with zero attached hydrogens (tertiary/aromatic N) is 3. The zero-order valence-corrected chi connectivity index (χ0v) is 18.1. The van der Waals surface area contributed by atoms with Gasteiger partial charge in [0.05, 0.1) is 5.75 Å². The summed E-state index contributed by atoms with van der Waals surface area (Å²) in [5.74, 6) is 0.844. The van der Waals surface area contributed by atoms with E-state index >= 15 is 0 Å². The molecule has 8 heteroatoms. The fraction of sp³-hybridized carbons (Fsp3) is 0.273. The van der Waals surface area contributed by atoms with Crippen LogP contribution in [0.25, 0.3) is 11.4 Å². The maximum atomic E-state index is 12.3. The first kappa shape index (κ1) is 21.6. The smallest absolute Gasteiger partial charge is 0.230 e. The summed E-state index contributed by atoms with van der Waals surface area (Å²) >= 11 is 1.37. The molecule has 0 aliphatic rings. The SMILES string of the molecule is CCn1c(SCC(=O)NCc2cccc(NC(C)=O)c2)nnc1-c1ccccc1C. The number of hydrogen-bond acceptors (Lipinski definition) is 5. The number of anilines is 1. The predicted octanol–water partition coefficient (Wildman–Crippen LogP) is 3.64. The molecule has 3 aromatic rings. The molecule has 1 heterocycles. The van der Waals surface area contributed by atoms with Gasteiger partial charge in [-0.2, -0.15) is 0 Å². The van der Waals surface area contributed by atoms with Crippen LogP contribution in [0.15, 0.2) is 53.7 Å². The van der Waals surface area contributed by atoms with Gasteiger partial charge < -0.3 is 15.2 Å². The second kappa shape index (κ2) is 10.1. The van der Waals surface area contributed by atoms with Crippen molar-refractivity contribution in [2.75, 3.05) is 11.1 Å². The maximum absolute atomic E-state index is 12.3. The molecule has 7 nitrogen and oxygen atoms in total. The van der Waals surface area contributed by atoms with E-state index in [0.29, 0.717) is 12.2 Å². The third-order valence-corrected chi connectivity index (χ3v) is 5.46. The van der Waals surface area contributed by atoms with Crippen LogP contribution < -0.4 is 10.6 Å². The Morgan fingerprint density at radius 2 is 1.90 bits per heavy atom. The average molecular weight is 424 g/mol. The average Bonchev–Trinajstić information content (AvgIpc) is 3.13. The van der Waals surface area contributed by atoms with Gasteiger partial charge in [-0.1, -0.05) is 48.2 Å². The summed E-state index contributed by atoms with van der Waals surface area (Å²) in [6.07, 6.45) is 0. The van der Waals surface area contributed by atoms with E-state index < -0.39 is 0 Å². The lowest BCUT2D eigenvalue weighted by Crippen LogP contribution is -2.24. The largest absolute Gasteiger partial charge is 0.351 e. The standard InChI is InChI=1S/C22H25N5O2S/c1-4-27-21(19-11-6-5-8-15(19)2)25-26-22(27)30-14-20(29)23-13-17-9-7-10-18(12-17)24-16(3)28/h5-12H,4,13-14H2,1-3H3,(H,23,29)(H,24,28). The van der Waals surface area contributed by atoms with E-state index in [-0.39, 0.29) is 17.6 Å². The Kier molecular flexibility index (Phi) is 7.24. The van der Waals surface area contributed by atoms with E-state index in [4.69, 9.17) is 0 Å². The Bertz CT molecular complexity index is 1050. The van der Waals surface area contributed by atoms with Gasteiger partial charge in [0.1, 0.15) is 0 Å². The van der Waals surface area contributed by atoms with E-state index in [9.17, 15) is 9.59 Å². The van der Waals surface area contributed by atoms with Gasteiger partial charge in [-0.25, -0.2) is 0 Å². The summed E-state index contributed by atoms with van der Waals surface area (Å²) < 4.78 is 2.02. The summed E-state index contributed by atoms with van der Waals surface area (Å²) in [6.45, 7) is 6.66.